The number of hydrogen-bond donors (Lipinski definition) is 4. The Labute approximate surface area is 269 Å². The molecule has 2 rings (SSSR count). The molecule has 1 heterocycles. The van der Waals surface area contributed by atoms with E-state index in [4.69, 9.17) is 24.0 Å². The summed E-state index contributed by atoms with van der Waals surface area (Å²) >= 11 is 0. The van der Waals surface area contributed by atoms with Gasteiger partial charge in [0.1, 0.15) is 17.1 Å². The molecule has 0 saturated heterocycles. The topological polar surface area (TPSA) is 107 Å². The number of phosphoric acid groups is 1. The molecule has 0 radical (unpaired) electrons. The molecule has 212 valence electrons. The van der Waals surface area contributed by atoms with E-state index in [2.05, 4.69) is 41.5 Å². The normalized spacial score (nSPS) is 18.7. The van der Waals surface area contributed by atoms with Crippen molar-refractivity contribution in [3.63, 3.8) is 0 Å². The van der Waals surface area contributed by atoms with Gasteiger partial charge in [0, 0.05) is 5.56 Å². The fourth-order valence-electron chi connectivity index (χ4n) is 5.27. The third-order valence-corrected chi connectivity index (χ3v) is 7.87. The summed E-state index contributed by atoms with van der Waals surface area (Å²) in [6.07, 6.45) is 14.1. The van der Waals surface area contributed by atoms with Crippen molar-refractivity contribution in [1.29, 1.82) is 0 Å². The van der Waals surface area contributed by atoms with Crippen molar-refractivity contribution in [3.8, 4) is 11.5 Å². The molecule has 3 atom stereocenters. The van der Waals surface area contributed by atoms with Gasteiger partial charge in [-0.2, -0.15) is 0 Å². The summed E-state index contributed by atoms with van der Waals surface area (Å²) in [6, 6.07) is 0. The third-order valence-electron chi connectivity index (χ3n) is 7.87. The number of phenols is 1. The van der Waals surface area contributed by atoms with Crippen molar-refractivity contribution in [2.24, 2.45) is 17.8 Å². The van der Waals surface area contributed by atoms with E-state index in [-0.39, 0.29) is 57.0 Å². The van der Waals surface area contributed by atoms with E-state index >= 15 is 0 Å². The molecule has 1 aromatic carbocycles. The summed E-state index contributed by atoms with van der Waals surface area (Å²) in [7, 11) is -4.64. The van der Waals surface area contributed by atoms with Crippen molar-refractivity contribution < 1.29 is 29.1 Å². The van der Waals surface area contributed by atoms with Crippen LogP contribution in [-0.4, -0.2) is 76.8 Å². The molecule has 1 aromatic rings. The molecular weight excluding hydrogens is 514 g/mol. The van der Waals surface area contributed by atoms with Crippen LogP contribution in [0, 0.1) is 38.5 Å². The number of benzene rings is 1. The fourth-order valence-corrected chi connectivity index (χ4v) is 5.27. The Bertz CT molecular complexity index is 860. The van der Waals surface area contributed by atoms with Gasteiger partial charge < -0.3 is 24.5 Å². The van der Waals surface area contributed by atoms with Crippen molar-refractivity contribution in [2.75, 3.05) is 0 Å². The summed E-state index contributed by atoms with van der Waals surface area (Å²) in [5.41, 5.74) is 4.23. The van der Waals surface area contributed by atoms with Gasteiger partial charge in [0.15, 0.2) is 0 Å². The van der Waals surface area contributed by atoms with E-state index in [1.165, 1.54) is 56.9 Å². The number of phenolic OH excluding ortho intramolecular Hbond substituents is 1. The molecule has 4 N–H and O–H groups in total. The van der Waals surface area contributed by atoms with Crippen LogP contribution in [0.3, 0.4) is 0 Å². The zero-order valence-electron chi connectivity index (χ0n) is 24.1. The average Bonchev–Trinajstić information content (AvgIpc) is 2.74. The van der Waals surface area contributed by atoms with Gasteiger partial charge in [-0.1, -0.05) is 72.6 Å². The molecule has 0 unspecified atom stereocenters. The van der Waals surface area contributed by atoms with E-state index in [1.807, 2.05) is 13.8 Å². The number of rotatable bonds is 12. The Morgan fingerprint density at radius 1 is 0.838 bits per heavy atom. The quantitative estimate of drug-likeness (QED) is 0.156. The zero-order valence-corrected chi connectivity index (χ0v) is 25.0. The predicted octanol–water partition coefficient (Wildman–Crippen LogP) is 7.26. The predicted molar refractivity (Wildman–Crippen MR) is 156 cm³/mol. The molecule has 6 nitrogen and oxygen atoms in total. The Balaban J connectivity index is 0.00000196. The Morgan fingerprint density at radius 3 is 1.78 bits per heavy atom. The molecule has 0 aromatic heterocycles. The van der Waals surface area contributed by atoms with E-state index in [0.29, 0.717) is 5.75 Å². The minimum absolute atomic E-state index is 0. The summed E-state index contributed by atoms with van der Waals surface area (Å²) in [5.74, 6) is 4.04. The van der Waals surface area contributed by atoms with E-state index in [0.717, 1.165) is 59.5 Å². The first-order valence-electron chi connectivity index (χ1n) is 13.8. The SMILES string of the molecule is Cc1c(C)c2c(c(C)c1O)CC[C@@](C)(CCC[C@H](C)CCC[C@H](C)CCCC(C)C)O2.O=P(O)(O)O.[KH]. The fraction of sp³-hybridized carbons (Fsp3) is 0.793. The van der Waals surface area contributed by atoms with Gasteiger partial charge in [-0.15, -0.1) is 0 Å². The summed E-state index contributed by atoms with van der Waals surface area (Å²) < 4.78 is 15.5. The van der Waals surface area contributed by atoms with Gasteiger partial charge in [-0.25, -0.2) is 4.57 Å². The van der Waals surface area contributed by atoms with Crippen molar-refractivity contribution >= 4 is 59.2 Å². The second kappa shape index (κ2) is 17.4. The molecule has 0 fully saturated rings. The molecule has 0 spiro atoms. The van der Waals surface area contributed by atoms with Crippen LogP contribution in [0.4, 0.5) is 0 Å². The van der Waals surface area contributed by atoms with Gasteiger partial charge in [0.2, 0.25) is 0 Å². The first-order chi connectivity index (χ1) is 16.5. The molecule has 1 aliphatic heterocycles. The van der Waals surface area contributed by atoms with Gasteiger partial charge in [-0.3, -0.25) is 0 Å². The number of fused-ring (bicyclic) bond motifs is 1. The first kappa shape index (κ1) is 37.6. The van der Waals surface area contributed by atoms with Crippen LogP contribution in [0.2, 0.25) is 0 Å². The maximum absolute atomic E-state index is 10.4. The van der Waals surface area contributed by atoms with Crippen LogP contribution in [0.15, 0.2) is 0 Å². The third kappa shape index (κ3) is 14.7. The second-order valence-corrected chi connectivity index (χ2v) is 13.0. The average molecular weight is 569 g/mol. The van der Waals surface area contributed by atoms with Crippen molar-refractivity contribution in [2.45, 2.75) is 132 Å². The number of aromatic hydroxyl groups is 1. The van der Waals surface area contributed by atoms with Gasteiger partial charge >= 0.3 is 59.2 Å². The molecule has 0 bridgehead atoms. The molecule has 0 aliphatic carbocycles. The van der Waals surface area contributed by atoms with Crippen LogP contribution in [0.25, 0.3) is 0 Å². The van der Waals surface area contributed by atoms with Gasteiger partial charge in [0.25, 0.3) is 0 Å². The second-order valence-electron chi connectivity index (χ2n) is 12.0. The molecule has 1 aliphatic rings. The molecular formula is C29H54KO6P. The maximum atomic E-state index is 10.4. The number of ether oxygens (including phenoxy) is 1. The van der Waals surface area contributed by atoms with Gasteiger partial charge in [0.05, 0.1) is 0 Å². The van der Waals surface area contributed by atoms with Gasteiger partial charge in [-0.05, 0) is 87.8 Å². The Morgan fingerprint density at radius 2 is 1.30 bits per heavy atom. The van der Waals surface area contributed by atoms with Crippen molar-refractivity contribution in [1.82, 2.24) is 0 Å². The summed E-state index contributed by atoms with van der Waals surface area (Å²) in [4.78, 5) is 21.6. The van der Waals surface area contributed by atoms with Crippen LogP contribution in [0.5, 0.6) is 11.5 Å². The monoisotopic (exact) mass is 568 g/mol. The Hall–Kier alpha value is 0.566. The molecule has 37 heavy (non-hydrogen) atoms. The summed E-state index contributed by atoms with van der Waals surface area (Å²) in [6.45, 7) is 17.9. The van der Waals surface area contributed by atoms with Crippen LogP contribution in [0.1, 0.15) is 121 Å². The molecule has 0 amide bonds. The molecule has 0 saturated carbocycles. The summed E-state index contributed by atoms with van der Waals surface area (Å²) in [5, 5.41) is 10.4. The zero-order chi connectivity index (χ0) is 27.7. The van der Waals surface area contributed by atoms with Crippen molar-refractivity contribution in [3.05, 3.63) is 22.3 Å². The standard InChI is InChI=1S/C29H50O2.K.H3O4P.H/c1-20(2)12-9-13-21(3)14-10-15-22(4)16-11-18-29(8)19-17-26-25(7)27(30)23(5)24(6)28(26)31-29;;1-5(2,3)4;/h20-22,30H,9-19H2,1-8H3;;(H3,1,2,3,4);/t21-,22-,29-;;;/m1.../s1. The molecule has 8 heteroatoms. The van der Waals surface area contributed by atoms with E-state index < -0.39 is 7.82 Å². The van der Waals surface area contributed by atoms with E-state index in [1.54, 1.807) is 0 Å². The number of hydrogen-bond acceptors (Lipinski definition) is 3. The van der Waals surface area contributed by atoms with Crippen LogP contribution >= 0.6 is 7.82 Å². The van der Waals surface area contributed by atoms with Crippen LogP contribution < -0.4 is 4.74 Å². The van der Waals surface area contributed by atoms with Crippen LogP contribution in [-0.2, 0) is 11.0 Å². The minimum atomic E-state index is -4.64. The Kier molecular flexibility index (Phi) is 17.7. The first-order valence-corrected chi connectivity index (χ1v) is 15.4. The van der Waals surface area contributed by atoms with E-state index in [9.17, 15) is 5.11 Å².